The third kappa shape index (κ3) is 3.60. The van der Waals surface area contributed by atoms with Crippen molar-refractivity contribution >= 4 is 10.0 Å². The van der Waals surface area contributed by atoms with E-state index in [1.807, 2.05) is 24.3 Å². The molecule has 5 nitrogen and oxygen atoms in total. The molecule has 0 unspecified atom stereocenters. The molecular weight excluding hydrogens is 288 g/mol. The highest BCUT2D eigenvalue weighted by atomic mass is 32.2. The molecule has 0 atom stereocenters. The number of hydrogen-bond acceptors (Lipinski definition) is 4. The molecule has 0 amide bonds. The molecule has 6 heteroatoms. The number of sulfonamides is 1. The zero-order valence-electron chi connectivity index (χ0n) is 12.0. The Morgan fingerprint density at radius 1 is 0.952 bits per heavy atom. The van der Waals surface area contributed by atoms with Crippen LogP contribution in [0.3, 0.4) is 0 Å². The summed E-state index contributed by atoms with van der Waals surface area (Å²) in [5.74, 6) is 1.25. The number of rotatable bonds is 5. The van der Waals surface area contributed by atoms with E-state index < -0.39 is 10.0 Å². The minimum atomic E-state index is -3.41. The molecule has 0 radical (unpaired) electrons. The summed E-state index contributed by atoms with van der Waals surface area (Å²) >= 11 is 0. The molecule has 0 aliphatic heterocycles. The van der Waals surface area contributed by atoms with Crippen LogP contribution in [0, 0.1) is 0 Å². The minimum Gasteiger partial charge on any atom is -0.457 e. The van der Waals surface area contributed by atoms with Gasteiger partial charge in [-0.15, -0.1) is 0 Å². The zero-order chi connectivity index (χ0) is 15.5. The van der Waals surface area contributed by atoms with Crippen LogP contribution in [-0.2, 0) is 16.6 Å². The first-order valence-electron chi connectivity index (χ1n) is 6.43. The van der Waals surface area contributed by atoms with Crippen LogP contribution in [-0.4, -0.2) is 26.8 Å². The lowest BCUT2D eigenvalue weighted by Crippen LogP contribution is -2.22. The molecule has 0 aromatic heterocycles. The Hall–Kier alpha value is -1.89. The fourth-order valence-corrected chi connectivity index (χ4v) is 2.62. The quantitative estimate of drug-likeness (QED) is 0.919. The summed E-state index contributed by atoms with van der Waals surface area (Å²) in [5.41, 5.74) is 6.56. The van der Waals surface area contributed by atoms with E-state index in [1.54, 1.807) is 12.1 Å². The second-order valence-electron chi connectivity index (χ2n) is 4.71. The summed E-state index contributed by atoms with van der Waals surface area (Å²) in [6.45, 7) is 0.484. The lowest BCUT2D eigenvalue weighted by molar-refractivity contribution is 0.481. The van der Waals surface area contributed by atoms with Gasteiger partial charge in [0.25, 0.3) is 0 Å². The van der Waals surface area contributed by atoms with Gasteiger partial charge in [-0.2, -0.15) is 0 Å². The van der Waals surface area contributed by atoms with Gasteiger partial charge >= 0.3 is 0 Å². The Labute approximate surface area is 125 Å². The van der Waals surface area contributed by atoms with Crippen LogP contribution in [0.25, 0.3) is 0 Å². The summed E-state index contributed by atoms with van der Waals surface area (Å²) in [5, 5.41) is 0. The Morgan fingerprint density at radius 3 is 1.86 bits per heavy atom. The van der Waals surface area contributed by atoms with Crippen LogP contribution in [0.1, 0.15) is 5.56 Å². The van der Waals surface area contributed by atoms with E-state index in [9.17, 15) is 8.42 Å². The van der Waals surface area contributed by atoms with Crippen molar-refractivity contribution in [3.8, 4) is 11.5 Å². The fourth-order valence-electron chi connectivity index (χ4n) is 1.72. The normalized spacial score (nSPS) is 11.6. The molecule has 2 N–H and O–H groups in total. The Morgan fingerprint density at radius 2 is 1.43 bits per heavy atom. The molecule has 0 saturated heterocycles. The van der Waals surface area contributed by atoms with Crippen molar-refractivity contribution < 1.29 is 13.2 Å². The Balaban J connectivity index is 2.15. The van der Waals surface area contributed by atoms with Gasteiger partial charge in [-0.05, 0) is 42.0 Å². The maximum Gasteiger partial charge on any atom is 0.242 e. The van der Waals surface area contributed by atoms with Gasteiger partial charge in [0.1, 0.15) is 11.5 Å². The molecule has 2 rings (SSSR count). The average molecular weight is 306 g/mol. The average Bonchev–Trinajstić information content (AvgIpc) is 2.48. The van der Waals surface area contributed by atoms with Gasteiger partial charge in [0.15, 0.2) is 0 Å². The van der Waals surface area contributed by atoms with Crippen LogP contribution < -0.4 is 10.5 Å². The van der Waals surface area contributed by atoms with E-state index in [1.165, 1.54) is 30.5 Å². The zero-order valence-corrected chi connectivity index (χ0v) is 12.8. The smallest absolute Gasteiger partial charge is 0.242 e. The number of nitrogens with two attached hydrogens (primary N) is 1. The van der Waals surface area contributed by atoms with Gasteiger partial charge in [-0.1, -0.05) is 12.1 Å². The van der Waals surface area contributed by atoms with Gasteiger partial charge in [0.2, 0.25) is 10.0 Å². The van der Waals surface area contributed by atoms with Crippen LogP contribution in [0.4, 0.5) is 0 Å². The third-order valence-corrected chi connectivity index (χ3v) is 4.83. The molecule has 0 fully saturated rings. The van der Waals surface area contributed by atoms with E-state index >= 15 is 0 Å². The minimum absolute atomic E-state index is 0.235. The Bertz CT molecular complexity index is 693. The fraction of sp³-hybridized carbons (Fsp3) is 0.200. The second kappa shape index (κ2) is 6.26. The summed E-state index contributed by atoms with van der Waals surface area (Å²) in [6.07, 6.45) is 0. The van der Waals surface area contributed by atoms with Gasteiger partial charge in [0.05, 0.1) is 4.90 Å². The molecule has 21 heavy (non-hydrogen) atoms. The van der Waals surface area contributed by atoms with Crippen LogP contribution in [0.15, 0.2) is 53.4 Å². The topological polar surface area (TPSA) is 72.6 Å². The maximum atomic E-state index is 11.9. The SMILES string of the molecule is CN(C)S(=O)(=O)c1ccc(Oc2ccc(CN)cc2)cc1. The molecule has 0 spiro atoms. The number of hydrogen-bond donors (Lipinski definition) is 1. The molecule has 112 valence electrons. The van der Waals surface area contributed by atoms with E-state index in [4.69, 9.17) is 10.5 Å². The van der Waals surface area contributed by atoms with Crippen molar-refractivity contribution in [3.63, 3.8) is 0 Å². The largest absolute Gasteiger partial charge is 0.457 e. The summed E-state index contributed by atoms with van der Waals surface area (Å²) < 4.78 is 30.7. The monoisotopic (exact) mass is 306 g/mol. The van der Waals surface area contributed by atoms with Crippen LogP contribution in [0.2, 0.25) is 0 Å². The molecule has 0 heterocycles. The first kappa shape index (κ1) is 15.5. The van der Waals surface area contributed by atoms with Crippen molar-refractivity contribution in [2.24, 2.45) is 5.73 Å². The third-order valence-electron chi connectivity index (χ3n) is 3.00. The number of ether oxygens (including phenoxy) is 1. The number of benzene rings is 2. The molecule has 0 aliphatic rings. The predicted molar refractivity (Wildman–Crippen MR) is 81.7 cm³/mol. The first-order valence-corrected chi connectivity index (χ1v) is 7.87. The van der Waals surface area contributed by atoms with Crippen molar-refractivity contribution in [2.75, 3.05) is 14.1 Å². The molecule has 0 saturated carbocycles. The van der Waals surface area contributed by atoms with Crippen molar-refractivity contribution in [2.45, 2.75) is 11.4 Å². The van der Waals surface area contributed by atoms with E-state index in [-0.39, 0.29) is 4.90 Å². The molecule has 2 aromatic rings. The summed E-state index contributed by atoms with van der Waals surface area (Å²) in [4.78, 5) is 0.235. The van der Waals surface area contributed by atoms with E-state index in [0.29, 0.717) is 18.0 Å². The standard InChI is InChI=1S/C15H18N2O3S/c1-17(2)21(18,19)15-9-7-14(8-10-15)20-13-5-3-12(11-16)4-6-13/h3-10H,11,16H2,1-2H3. The van der Waals surface area contributed by atoms with E-state index in [0.717, 1.165) is 5.56 Å². The molecule has 0 bridgehead atoms. The van der Waals surface area contributed by atoms with Crippen molar-refractivity contribution in [1.29, 1.82) is 0 Å². The van der Waals surface area contributed by atoms with Crippen LogP contribution in [0.5, 0.6) is 11.5 Å². The second-order valence-corrected chi connectivity index (χ2v) is 6.86. The maximum absolute atomic E-state index is 11.9. The molecular formula is C15H18N2O3S. The molecule has 0 aliphatic carbocycles. The van der Waals surface area contributed by atoms with Crippen molar-refractivity contribution in [1.82, 2.24) is 4.31 Å². The lowest BCUT2D eigenvalue weighted by atomic mass is 10.2. The number of nitrogens with zero attached hydrogens (tertiary/aromatic N) is 1. The highest BCUT2D eigenvalue weighted by Gasteiger charge is 2.16. The van der Waals surface area contributed by atoms with E-state index in [2.05, 4.69) is 0 Å². The Kier molecular flexibility index (Phi) is 4.62. The summed E-state index contributed by atoms with van der Waals surface area (Å²) in [6, 6.07) is 13.7. The highest BCUT2D eigenvalue weighted by molar-refractivity contribution is 7.89. The first-order chi connectivity index (χ1) is 9.93. The molecule has 2 aromatic carbocycles. The summed E-state index contributed by atoms with van der Waals surface area (Å²) in [7, 11) is -0.414. The highest BCUT2D eigenvalue weighted by Crippen LogP contribution is 2.23. The van der Waals surface area contributed by atoms with Crippen molar-refractivity contribution in [3.05, 3.63) is 54.1 Å². The lowest BCUT2D eigenvalue weighted by Gasteiger charge is -2.12. The van der Waals surface area contributed by atoms with Gasteiger partial charge in [-0.25, -0.2) is 12.7 Å². The van der Waals surface area contributed by atoms with Gasteiger partial charge < -0.3 is 10.5 Å². The van der Waals surface area contributed by atoms with Gasteiger partial charge in [0, 0.05) is 20.6 Å². The van der Waals surface area contributed by atoms with Gasteiger partial charge in [-0.3, -0.25) is 0 Å². The predicted octanol–water partition coefficient (Wildman–Crippen LogP) is 2.19. The van der Waals surface area contributed by atoms with Crippen LogP contribution >= 0.6 is 0 Å².